The Kier molecular flexibility index (Phi) is 12.0. The van der Waals surface area contributed by atoms with Crippen molar-refractivity contribution in [2.45, 2.75) is 52.4 Å². The fourth-order valence-electron chi connectivity index (χ4n) is 4.45. The molecule has 0 radical (unpaired) electrons. The Balaban J connectivity index is 2.32. The van der Waals surface area contributed by atoms with Gasteiger partial charge in [0.1, 0.15) is 0 Å². The molecular weight excluding hydrogens is 511 g/mol. The minimum absolute atomic E-state index is 0.517. The number of terminal acetylenes is 1. The number of alkyl halides is 1. The van der Waals surface area contributed by atoms with Crippen LogP contribution in [-0.4, -0.2) is 4.43 Å². The van der Waals surface area contributed by atoms with Crippen molar-refractivity contribution in [1.29, 1.82) is 0 Å². The smallest absolute Gasteiger partial charge is 0.0184 e. The van der Waals surface area contributed by atoms with Crippen LogP contribution < -0.4 is 0 Å². The van der Waals surface area contributed by atoms with Gasteiger partial charge in [-0.25, -0.2) is 0 Å². The van der Waals surface area contributed by atoms with E-state index in [0.29, 0.717) is 5.92 Å². The summed E-state index contributed by atoms with van der Waals surface area (Å²) in [6, 6.07) is 0. The third-order valence-electron chi connectivity index (χ3n) is 6.36. The Morgan fingerprint density at radius 3 is 2.76 bits per heavy atom. The molecule has 0 saturated carbocycles. The molecule has 2 rings (SSSR count). The van der Waals surface area contributed by atoms with Gasteiger partial charge in [0.2, 0.25) is 0 Å². The van der Waals surface area contributed by atoms with Gasteiger partial charge in [-0.1, -0.05) is 120 Å². The molecule has 0 aliphatic heterocycles. The highest BCUT2D eigenvalue weighted by atomic mass is 127. The number of rotatable bonds is 11. The Morgan fingerprint density at radius 2 is 2.09 bits per heavy atom. The fourth-order valence-corrected chi connectivity index (χ4v) is 4.92. The molecule has 2 aliphatic rings. The molecule has 0 aromatic rings. The van der Waals surface area contributed by atoms with E-state index in [1.165, 1.54) is 27.9 Å². The Morgan fingerprint density at radius 1 is 1.27 bits per heavy atom. The quantitative estimate of drug-likeness (QED) is 0.104. The van der Waals surface area contributed by atoms with Gasteiger partial charge in [0.25, 0.3) is 0 Å². The van der Waals surface area contributed by atoms with Crippen LogP contribution in [0.15, 0.2) is 119 Å². The second-order valence-electron chi connectivity index (χ2n) is 8.42. The standard InChI is InChI=1S/C32H37I/c1-6-10-11-14-30-24-31(20-19-28-15-12-16-29(28)21-22-33)27(9-4)23-32(30)18-17-25(5)26(8-3)13-7-2/h2,6,8,10-13,16-17,19,21,23,30H,1,3,9,14-15,18,20,22,24H2,4-5H3/b11-10-,25-17-,26-13-,28-19-,29-21-. The Hall–Kier alpha value is -2.31. The van der Waals surface area contributed by atoms with E-state index in [1.807, 2.05) is 12.2 Å². The maximum absolute atomic E-state index is 5.48. The highest BCUT2D eigenvalue weighted by Crippen LogP contribution is 2.38. The van der Waals surface area contributed by atoms with Crippen molar-refractivity contribution in [1.82, 2.24) is 0 Å². The number of hydrogen-bond acceptors (Lipinski definition) is 0. The molecule has 0 aromatic carbocycles. The van der Waals surface area contributed by atoms with Crippen LogP contribution in [0.1, 0.15) is 52.4 Å². The first-order chi connectivity index (χ1) is 16.1. The summed E-state index contributed by atoms with van der Waals surface area (Å²) in [7, 11) is 0. The van der Waals surface area contributed by atoms with Gasteiger partial charge in [0.05, 0.1) is 0 Å². The number of hydrogen-bond donors (Lipinski definition) is 0. The molecule has 2 aliphatic carbocycles. The van der Waals surface area contributed by atoms with Crippen molar-refractivity contribution in [2.24, 2.45) is 5.92 Å². The van der Waals surface area contributed by atoms with Crippen molar-refractivity contribution in [3.63, 3.8) is 0 Å². The van der Waals surface area contributed by atoms with E-state index in [0.717, 1.165) is 48.5 Å². The van der Waals surface area contributed by atoms with Crippen LogP contribution in [0.5, 0.6) is 0 Å². The van der Waals surface area contributed by atoms with Crippen LogP contribution in [0.3, 0.4) is 0 Å². The zero-order valence-electron chi connectivity index (χ0n) is 20.2. The first-order valence-electron chi connectivity index (χ1n) is 11.8. The lowest BCUT2D eigenvalue weighted by atomic mass is 9.78. The van der Waals surface area contributed by atoms with Crippen molar-refractivity contribution in [2.75, 3.05) is 4.43 Å². The average molecular weight is 549 g/mol. The molecule has 0 heterocycles. The summed E-state index contributed by atoms with van der Waals surface area (Å²) in [6.07, 6.45) is 35.7. The van der Waals surface area contributed by atoms with Crippen LogP contribution in [0, 0.1) is 18.3 Å². The number of allylic oxidation sites excluding steroid dienone is 18. The largest absolute Gasteiger partial charge is 0.115 e. The molecule has 0 saturated heterocycles. The third-order valence-corrected chi connectivity index (χ3v) is 6.80. The van der Waals surface area contributed by atoms with Crippen LogP contribution in [0.25, 0.3) is 0 Å². The number of halogens is 1. The topological polar surface area (TPSA) is 0 Å². The summed E-state index contributed by atoms with van der Waals surface area (Å²) in [5, 5.41) is 0. The maximum Gasteiger partial charge on any atom is 0.0184 e. The van der Waals surface area contributed by atoms with E-state index in [4.69, 9.17) is 6.42 Å². The molecule has 0 spiro atoms. The molecule has 0 N–H and O–H groups in total. The lowest BCUT2D eigenvalue weighted by molar-refractivity contribution is 0.581. The first kappa shape index (κ1) is 26.9. The highest BCUT2D eigenvalue weighted by Gasteiger charge is 2.21. The van der Waals surface area contributed by atoms with E-state index < -0.39 is 0 Å². The van der Waals surface area contributed by atoms with E-state index in [9.17, 15) is 0 Å². The predicted molar refractivity (Wildman–Crippen MR) is 156 cm³/mol. The summed E-state index contributed by atoms with van der Waals surface area (Å²) in [6.45, 7) is 12.1. The lowest BCUT2D eigenvalue weighted by Crippen LogP contribution is -2.11. The average Bonchev–Trinajstić information content (AvgIpc) is 3.27. The van der Waals surface area contributed by atoms with E-state index >= 15 is 0 Å². The second kappa shape index (κ2) is 14.8. The van der Waals surface area contributed by atoms with Gasteiger partial charge in [-0.3, -0.25) is 0 Å². The van der Waals surface area contributed by atoms with Crippen molar-refractivity contribution >= 4 is 22.6 Å². The molecule has 0 bridgehead atoms. The molecule has 0 fully saturated rings. The molecule has 172 valence electrons. The van der Waals surface area contributed by atoms with Crippen LogP contribution >= 0.6 is 22.6 Å². The summed E-state index contributed by atoms with van der Waals surface area (Å²) in [4.78, 5) is 0. The van der Waals surface area contributed by atoms with Gasteiger partial charge >= 0.3 is 0 Å². The van der Waals surface area contributed by atoms with Gasteiger partial charge in [0, 0.05) is 4.43 Å². The minimum Gasteiger partial charge on any atom is -0.115 e. The second-order valence-corrected chi connectivity index (χ2v) is 9.30. The van der Waals surface area contributed by atoms with Crippen molar-refractivity contribution in [3.8, 4) is 12.3 Å². The molecule has 0 nitrogen and oxygen atoms in total. The third kappa shape index (κ3) is 8.20. The van der Waals surface area contributed by atoms with Crippen molar-refractivity contribution in [3.05, 3.63) is 119 Å². The van der Waals surface area contributed by atoms with Gasteiger partial charge in [-0.05, 0) is 85.3 Å². The van der Waals surface area contributed by atoms with E-state index in [-0.39, 0.29) is 0 Å². The molecular formula is C32H37I. The van der Waals surface area contributed by atoms with Gasteiger partial charge < -0.3 is 0 Å². The summed E-state index contributed by atoms with van der Waals surface area (Å²) in [5.41, 5.74) is 9.69. The lowest BCUT2D eigenvalue weighted by Gasteiger charge is -2.27. The minimum atomic E-state index is 0.517. The summed E-state index contributed by atoms with van der Waals surface area (Å²) in [5.74, 6) is 3.14. The summed E-state index contributed by atoms with van der Waals surface area (Å²) < 4.78 is 1.05. The maximum atomic E-state index is 5.48. The molecule has 0 aromatic heterocycles. The molecule has 1 atom stereocenters. The van der Waals surface area contributed by atoms with Crippen LogP contribution in [-0.2, 0) is 0 Å². The molecule has 1 unspecified atom stereocenters. The molecule has 0 amide bonds. The van der Waals surface area contributed by atoms with Gasteiger partial charge in [-0.2, -0.15) is 0 Å². The van der Waals surface area contributed by atoms with E-state index in [1.54, 1.807) is 11.6 Å². The summed E-state index contributed by atoms with van der Waals surface area (Å²) >= 11 is 2.42. The van der Waals surface area contributed by atoms with Crippen LogP contribution in [0.2, 0.25) is 0 Å². The van der Waals surface area contributed by atoms with E-state index in [2.05, 4.69) is 104 Å². The van der Waals surface area contributed by atoms with Crippen LogP contribution in [0.4, 0.5) is 0 Å². The molecule has 1 heteroatoms. The highest BCUT2D eigenvalue weighted by molar-refractivity contribution is 14.1. The monoisotopic (exact) mass is 548 g/mol. The SMILES string of the molecule is C#C/C=C(C=C)\C(C)=C/CC1=CC(CC)=C(C/C=C2/CC=C/C2=C/CI)CC1C/C=C\C=C. The van der Waals surface area contributed by atoms with Gasteiger partial charge in [-0.15, -0.1) is 6.42 Å². The van der Waals surface area contributed by atoms with Gasteiger partial charge in [0.15, 0.2) is 0 Å². The normalized spacial score (nSPS) is 21.8. The Labute approximate surface area is 215 Å². The zero-order chi connectivity index (χ0) is 24.1. The zero-order valence-corrected chi connectivity index (χ0v) is 22.4. The van der Waals surface area contributed by atoms with Crippen molar-refractivity contribution < 1.29 is 0 Å². The molecule has 33 heavy (non-hydrogen) atoms. The fraction of sp³-hybridized carbons (Fsp3) is 0.312. The predicted octanol–water partition coefficient (Wildman–Crippen LogP) is 9.49. The Bertz CT molecular complexity index is 1010. The first-order valence-corrected chi connectivity index (χ1v) is 13.4.